The van der Waals surface area contributed by atoms with Gasteiger partial charge >= 0.3 is 13.0 Å². The number of hydrogen-bond acceptors (Lipinski definition) is 6. The number of alkyl halides is 5. The number of nitrogens with zero attached hydrogens (tertiary/aromatic N) is 1. The lowest BCUT2D eigenvalue weighted by Gasteiger charge is -2.22. The van der Waals surface area contributed by atoms with E-state index in [-0.39, 0.29) is 39.1 Å². The van der Waals surface area contributed by atoms with Crippen molar-refractivity contribution in [1.29, 1.82) is 0 Å². The van der Waals surface area contributed by atoms with Crippen LogP contribution in [0.1, 0.15) is 29.7 Å². The highest BCUT2D eigenvalue weighted by atomic mass is 35.5. The number of nitrogens with one attached hydrogen (secondary N) is 1. The molecule has 1 unspecified atom stereocenters. The van der Waals surface area contributed by atoms with Crippen LogP contribution in [0.4, 0.5) is 27.6 Å². The molecule has 0 bridgehead atoms. The van der Waals surface area contributed by atoms with Gasteiger partial charge in [0, 0.05) is 39.9 Å². The molecule has 1 heterocycles. The minimum absolute atomic E-state index is 0.0209. The molecule has 3 aromatic rings. The Bertz CT molecular complexity index is 1430. The fourth-order valence-corrected chi connectivity index (χ4v) is 3.93. The highest BCUT2D eigenvalue weighted by Crippen LogP contribution is 2.38. The first-order valence-electron chi connectivity index (χ1n) is 11.5. The molecule has 0 saturated carbocycles. The Hall–Kier alpha value is -3.97. The predicted octanol–water partition coefficient (Wildman–Crippen LogP) is 6.09. The summed E-state index contributed by atoms with van der Waals surface area (Å²) in [6.45, 7) is -2.82. The average molecular weight is 589 g/mol. The number of pyridine rings is 1. The zero-order chi connectivity index (χ0) is 29.6. The molecule has 1 N–H and O–H groups in total. The van der Waals surface area contributed by atoms with Gasteiger partial charge in [-0.05, 0) is 49.4 Å². The number of aromatic nitrogens is 1. The lowest BCUT2D eigenvalue weighted by atomic mass is 10.0. The van der Waals surface area contributed by atoms with E-state index in [1.54, 1.807) is 0 Å². The van der Waals surface area contributed by atoms with E-state index in [9.17, 15) is 36.3 Å². The topological polar surface area (TPSA) is 95.9 Å². The molecule has 8 nitrogen and oxygen atoms in total. The molecule has 0 aliphatic carbocycles. The summed E-state index contributed by atoms with van der Waals surface area (Å²) in [5, 5.41) is 2.62. The van der Waals surface area contributed by atoms with Gasteiger partial charge in [-0.25, -0.2) is 0 Å². The molecule has 0 spiro atoms. The maximum absolute atomic E-state index is 13.2. The van der Waals surface area contributed by atoms with E-state index in [4.69, 9.17) is 16.3 Å². The monoisotopic (exact) mass is 588 g/mol. The Morgan fingerprint density at radius 1 is 1.02 bits per heavy atom. The molecule has 0 aliphatic rings. The highest BCUT2D eigenvalue weighted by molar-refractivity contribution is 6.31. The lowest BCUT2D eigenvalue weighted by molar-refractivity contribution is -0.325. The number of carbonyl (C=O) groups is 2. The molecule has 1 aromatic heterocycles. The van der Waals surface area contributed by atoms with Crippen LogP contribution in [0.15, 0.2) is 59.5 Å². The van der Waals surface area contributed by atoms with E-state index < -0.39 is 43.5 Å². The van der Waals surface area contributed by atoms with Crippen molar-refractivity contribution in [2.24, 2.45) is 0 Å². The molecule has 1 amide bonds. The van der Waals surface area contributed by atoms with E-state index in [1.807, 2.05) is 0 Å². The van der Waals surface area contributed by atoms with Crippen molar-refractivity contribution < 1.29 is 45.8 Å². The molecule has 0 radical (unpaired) electrons. The van der Waals surface area contributed by atoms with Crippen LogP contribution < -0.4 is 20.3 Å². The number of ketones is 1. The number of halogens is 6. The van der Waals surface area contributed by atoms with Crippen molar-refractivity contribution in [3.8, 4) is 22.6 Å². The Kier molecular flexibility index (Phi) is 9.88. The minimum Gasteiger partial charge on any atom is -0.495 e. The standard InChI is InChI=1S/C26H22ClF5N2O6/c1-14(35)15-3-6-17(7-4-15)33-24(37)20(9-10-39-26(30,31)32)34-13-22(38-2)19(12-23(34)36)18-11-16(27)5-8-21(18)40-25(28)29/h3-8,11-13,20,25H,9-10H2,1-2H3,(H,33,37). The van der Waals surface area contributed by atoms with Gasteiger partial charge in [0.2, 0.25) is 5.91 Å². The molecule has 0 aliphatic heterocycles. The zero-order valence-electron chi connectivity index (χ0n) is 20.9. The molecule has 0 saturated heterocycles. The van der Waals surface area contributed by atoms with Crippen LogP contribution in [0.2, 0.25) is 5.02 Å². The van der Waals surface area contributed by atoms with Crippen LogP contribution >= 0.6 is 11.6 Å². The second-order valence-corrected chi connectivity index (χ2v) is 8.68. The first-order chi connectivity index (χ1) is 18.8. The summed E-state index contributed by atoms with van der Waals surface area (Å²) in [5.41, 5.74) is -0.354. The fourth-order valence-electron chi connectivity index (χ4n) is 3.75. The molecule has 1 atom stereocenters. The van der Waals surface area contributed by atoms with Gasteiger partial charge in [0.25, 0.3) is 5.56 Å². The van der Waals surface area contributed by atoms with Crippen molar-refractivity contribution in [3.63, 3.8) is 0 Å². The number of ether oxygens (including phenoxy) is 3. The Morgan fingerprint density at radius 3 is 2.25 bits per heavy atom. The number of methoxy groups -OCH3 is 1. The third-order valence-corrected chi connectivity index (χ3v) is 5.80. The second-order valence-electron chi connectivity index (χ2n) is 8.24. The van der Waals surface area contributed by atoms with Crippen LogP contribution in [0.25, 0.3) is 11.1 Å². The quantitative estimate of drug-likeness (QED) is 0.215. The molecule has 2 aromatic carbocycles. The summed E-state index contributed by atoms with van der Waals surface area (Å²) < 4.78 is 78.4. The molecular weight excluding hydrogens is 567 g/mol. The zero-order valence-corrected chi connectivity index (χ0v) is 21.7. The van der Waals surface area contributed by atoms with E-state index in [2.05, 4.69) is 14.8 Å². The first-order valence-corrected chi connectivity index (χ1v) is 11.8. The van der Waals surface area contributed by atoms with Crippen LogP contribution in [0.3, 0.4) is 0 Å². The van der Waals surface area contributed by atoms with E-state index in [0.717, 1.165) is 22.9 Å². The number of rotatable bonds is 11. The van der Waals surface area contributed by atoms with Crippen LogP contribution in [-0.2, 0) is 9.53 Å². The first kappa shape index (κ1) is 30.6. The second kappa shape index (κ2) is 12.9. The van der Waals surface area contributed by atoms with Crippen molar-refractivity contribution >= 4 is 29.0 Å². The third kappa shape index (κ3) is 8.02. The van der Waals surface area contributed by atoms with Crippen molar-refractivity contribution in [2.75, 3.05) is 19.0 Å². The van der Waals surface area contributed by atoms with Crippen molar-refractivity contribution in [1.82, 2.24) is 4.57 Å². The Labute approximate surface area is 229 Å². The average Bonchev–Trinajstić information content (AvgIpc) is 2.87. The summed E-state index contributed by atoms with van der Waals surface area (Å²) in [6.07, 6.45) is -4.51. The van der Waals surface area contributed by atoms with E-state index in [1.165, 1.54) is 50.4 Å². The van der Waals surface area contributed by atoms with Gasteiger partial charge in [-0.2, -0.15) is 8.78 Å². The van der Waals surface area contributed by atoms with Crippen LogP contribution in [0, 0.1) is 0 Å². The van der Waals surface area contributed by atoms with Crippen LogP contribution in [0.5, 0.6) is 11.5 Å². The van der Waals surface area contributed by atoms with Crippen molar-refractivity contribution in [2.45, 2.75) is 32.4 Å². The molecule has 14 heteroatoms. The van der Waals surface area contributed by atoms with Gasteiger partial charge < -0.3 is 14.8 Å². The predicted molar refractivity (Wildman–Crippen MR) is 135 cm³/mol. The normalized spacial score (nSPS) is 12.2. The number of carbonyl (C=O) groups excluding carboxylic acids is 2. The van der Waals surface area contributed by atoms with Gasteiger partial charge in [-0.3, -0.25) is 23.7 Å². The smallest absolute Gasteiger partial charge is 0.495 e. The maximum Gasteiger partial charge on any atom is 0.522 e. The summed E-state index contributed by atoms with van der Waals surface area (Å²) in [4.78, 5) is 37.9. The Balaban J connectivity index is 2.04. The summed E-state index contributed by atoms with van der Waals surface area (Å²) in [6, 6.07) is 8.84. The maximum atomic E-state index is 13.2. The molecular formula is C26H22ClF5N2O6. The minimum atomic E-state index is -4.98. The number of hydrogen-bond donors (Lipinski definition) is 1. The molecule has 0 fully saturated rings. The summed E-state index contributed by atoms with van der Waals surface area (Å²) in [5.74, 6) is -1.51. The van der Waals surface area contributed by atoms with Gasteiger partial charge in [-0.1, -0.05) is 11.6 Å². The van der Waals surface area contributed by atoms with Gasteiger partial charge in [0.1, 0.15) is 17.5 Å². The number of benzene rings is 2. The Morgan fingerprint density at radius 2 is 1.68 bits per heavy atom. The molecule has 3 rings (SSSR count). The fraction of sp³-hybridized carbons (Fsp3) is 0.269. The number of Topliss-reactive ketones (excluding diaryl/α,β-unsaturated/α-hetero) is 1. The third-order valence-electron chi connectivity index (χ3n) is 5.57. The largest absolute Gasteiger partial charge is 0.522 e. The van der Waals surface area contributed by atoms with Crippen LogP contribution in [-0.4, -0.2) is 42.9 Å². The van der Waals surface area contributed by atoms with E-state index in [0.29, 0.717) is 5.56 Å². The summed E-state index contributed by atoms with van der Waals surface area (Å²) in [7, 11) is 1.20. The van der Waals surface area contributed by atoms with Gasteiger partial charge in [0.05, 0.1) is 19.9 Å². The number of amides is 1. The highest BCUT2D eigenvalue weighted by Gasteiger charge is 2.31. The molecule has 214 valence electrons. The van der Waals surface area contributed by atoms with Gasteiger partial charge in [0.15, 0.2) is 5.78 Å². The SMILES string of the molecule is COc1cn(C(CCOC(F)(F)F)C(=O)Nc2ccc(C(C)=O)cc2)c(=O)cc1-c1cc(Cl)ccc1OC(F)F. The number of anilines is 1. The lowest BCUT2D eigenvalue weighted by Crippen LogP contribution is -2.34. The van der Waals surface area contributed by atoms with E-state index >= 15 is 0 Å². The van der Waals surface area contributed by atoms with Gasteiger partial charge in [-0.15, -0.1) is 13.2 Å². The van der Waals surface area contributed by atoms with Crippen molar-refractivity contribution in [3.05, 3.63) is 75.7 Å². The summed E-state index contributed by atoms with van der Waals surface area (Å²) >= 11 is 6.02. The molecule has 40 heavy (non-hydrogen) atoms.